The van der Waals surface area contributed by atoms with Crippen LogP contribution in [0.4, 0.5) is 0 Å². The fraction of sp³-hybridized carbons (Fsp3) is 0.933. The highest BCUT2D eigenvalue weighted by Gasteiger charge is 2.71. The summed E-state index contributed by atoms with van der Waals surface area (Å²) >= 11 is 0. The van der Waals surface area contributed by atoms with E-state index in [0.717, 1.165) is 19.3 Å². The first-order valence-corrected chi connectivity index (χ1v) is 14.0. The molecule has 0 spiro atoms. The lowest BCUT2D eigenvalue weighted by molar-refractivity contribution is -0.255. The van der Waals surface area contributed by atoms with E-state index in [9.17, 15) is 15.3 Å². The molecule has 3 nitrogen and oxygen atoms in total. The van der Waals surface area contributed by atoms with Crippen molar-refractivity contribution in [1.82, 2.24) is 0 Å². The summed E-state index contributed by atoms with van der Waals surface area (Å²) in [5.41, 5.74) is 1.83. The first kappa shape index (κ1) is 24.3. The SMILES string of the molecule is C=C(C)C1CC[C@]2(CO)CC[C@]3(C)C(CCC4[C@@]5(C)CC[C@H](O)[C@@](C)(CO)C5CC[C@]43C)C12. The average Bonchev–Trinajstić information content (AvgIpc) is 3.17. The van der Waals surface area contributed by atoms with Gasteiger partial charge in [0.05, 0.1) is 12.7 Å². The van der Waals surface area contributed by atoms with Crippen molar-refractivity contribution >= 4 is 0 Å². The van der Waals surface area contributed by atoms with Crippen LogP contribution in [0.2, 0.25) is 0 Å². The van der Waals surface area contributed by atoms with Gasteiger partial charge in [-0.3, -0.25) is 0 Å². The van der Waals surface area contributed by atoms with Gasteiger partial charge in [0, 0.05) is 12.0 Å². The standard InChI is InChI=1S/C30H50O3/c1-19(2)20-9-14-30(18-32)16-15-28(5)21(25(20)30)7-8-23-26(3)12-11-24(33)27(4,17-31)22(26)10-13-29(23,28)6/h20-25,31-33H,1,7-18H2,2-6H3/t20?,21?,22?,23?,24-,25?,26-,27-,28+,29+,30+/m0/s1. The first-order valence-electron chi connectivity index (χ1n) is 14.0. The maximum atomic E-state index is 10.9. The lowest BCUT2D eigenvalue weighted by Gasteiger charge is -2.73. The van der Waals surface area contributed by atoms with Gasteiger partial charge in [0.15, 0.2) is 0 Å². The predicted octanol–water partition coefficient (Wildman–Crippen LogP) is 5.97. The second kappa shape index (κ2) is 7.56. The molecule has 0 aliphatic heterocycles. The Hall–Kier alpha value is -0.380. The molecule has 0 bridgehead atoms. The number of hydrogen-bond acceptors (Lipinski definition) is 3. The molecule has 5 unspecified atom stereocenters. The molecule has 188 valence electrons. The molecule has 0 amide bonds. The predicted molar refractivity (Wildman–Crippen MR) is 133 cm³/mol. The molecule has 5 fully saturated rings. The Labute approximate surface area is 202 Å². The minimum absolute atomic E-state index is 0.0964. The van der Waals surface area contributed by atoms with Gasteiger partial charge >= 0.3 is 0 Å². The monoisotopic (exact) mass is 458 g/mol. The average molecular weight is 459 g/mol. The van der Waals surface area contributed by atoms with Crippen molar-refractivity contribution in [1.29, 1.82) is 0 Å². The van der Waals surface area contributed by atoms with Gasteiger partial charge in [-0.15, -0.1) is 0 Å². The topological polar surface area (TPSA) is 60.7 Å². The molecule has 5 saturated carbocycles. The van der Waals surface area contributed by atoms with Crippen LogP contribution in [0.1, 0.15) is 98.8 Å². The molecule has 33 heavy (non-hydrogen) atoms. The lowest BCUT2D eigenvalue weighted by atomic mass is 9.32. The third-order valence-electron chi connectivity index (χ3n) is 13.7. The normalized spacial score (nSPS) is 58.1. The highest BCUT2D eigenvalue weighted by molar-refractivity contribution is 5.21. The van der Waals surface area contributed by atoms with E-state index in [2.05, 4.69) is 41.2 Å². The van der Waals surface area contributed by atoms with Crippen LogP contribution in [0, 0.1) is 56.7 Å². The number of aliphatic hydroxyl groups excluding tert-OH is 3. The molecule has 0 aromatic rings. The van der Waals surface area contributed by atoms with Crippen molar-refractivity contribution in [3.05, 3.63) is 12.2 Å². The maximum Gasteiger partial charge on any atom is 0.0618 e. The summed E-state index contributed by atoms with van der Waals surface area (Å²) in [5.74, 6) is 2.86. The van der Waals surface area contributed by atoms with Crippen LogP contribution < -0.4 is 0 Å². The highest BCUT2D eigenvalue weighted by atomic mass is 16.3. The van der Waals surface area contributed by atoms with Crippen LogP contribution in [0.15, 0.2) is 12.2 Å². The fourth-order valence-electron chi connectivity index (χ4n) is 11.6. The van der Waals surface area contributed by atoms with Gasteiger partial charge in [-0.1, -0.05) is 39.8 Å². The Balaban J connectivity index is 1.55. The summed E-state index contributed by atoms with van der Waals surface area (Å²) in [5, 5.41) is 32.0. The lowest BCUT2D eigenvalue weighted by Crippen LogP contribution is -2.67. The molecule has 3 heteroatoms. The van der Waals surface area contributed by atoms with Gasteiger partial charge in [0.2, 0.25) is 0 Å². The Morgan fingerprint density at radius 1 is 0.788 bits per heavy atom. The van der Waals surface area contributed by atoms with Crippen LogP contribution in [0.5, 0.6) is 0 Å². The molecule has 0 radical (unpaired) electrons. The van der Waals surface area contributed by atoms with E-state index >= 15 is 0 Å². The quantitative estimate of drug-likeness (QED) is 0.457. The van der Waals surface area contributed by atoms with Crippen molar-refractivity contribution in [3.63, 3.8) is 0 Å². The third-order valence-corrected chi connectivity index (χ3v) is 13.7. The summed E-state index contributed by atoms with van der Waals surface area (Å²) in [6.07, 6.45) is 11.2. The molecule has 0 heterocycles. The van der Waals surface area contributed by atoms with Crippen molar-refractivity contribution in [2.75, 3.05) is 13.2 Å². The van der Waals surface area contributed by atoms with Gasteiger partial charge in [-0.2, -0.15) is 0 Å². The van der Waals surface area contributed by atoms with Crippen molar-refractivity contribution < 1.29 is 15.3 Å². The molecular weight excluding hydrogens is 408 g/mol. The number of rotatable bonds is 3. The fourth-order valence-corrected chi connectivity index (χ4v) is 11.6. The van der Waals surface area contributed by atoms with E-state index in [0.29, 0.717) is 36.2 Å². The minimum Gasteiger partial charge on any atom is -0.396 e. The molecule has 0 aromatic carbocycles. The van der Waals surface area contributed by atoms with Crippen LogP contribution in [0.3, 0.4) is 0 Å². The van der Waals surface area contributed by atoms with E-state index in [4.69, 9.17) is 0 Å². The van der Waals surface area contributed by atoms with Crippen LogP contribution in [-0.4, -0.2) is 34.6 Å². The highest BCUT2D eigenvalue weighted by Crippen LogP contribution is 2.77. The Morgan fingerprint density at radius 3 is 2.15 bits per heavy atom. The molecule has 11 atom stereocenters. The molecule has 5 aliphatic carbocycles. The molecule has 0 aromatic heterocycles. The number of hydrogen-bond donors (Lipinski definition) is 3. The first-order chi connectivity index (χ1) is 15.4. The zero-order chi connectivity index (χ0) is 24.0. The van der Waals surface area contributed by atoms with Gasteiger partial charge in [-0.05, 0) is 122 Å². The van der Waals surface area contributed by atoms with Crippen molar-refractivity contribution in [3.8, 4) is 0 Å². The van der Waals surface area contributed by atoms with E-state index in [1.165, 1.54) is 50.5 Å². The van der Waals surface area contributed by atoms with E-state index in [1.54, 1.807) is 0 Å². The van der Waals surface area contributed by atoms with E-state index in [-0.39, 0.29) is 39.8 Å². The van der Waals surface area contributed by atoms with Gasteiger partial charge < -0.3 is 15.3 Å². The van der Waals surface area contributed by atoms with Crippen molar-refractivity contribution in [2.45, 2.75) is 105 Å². The largest absolute Gasteiger partial charge is 0.396 e. The van der Waals surface area contributed by atoms with E-state index < -0.39 is 0 Å². The molecular formula is C30H50O3. The zero-order valence-corrected chi connectivity index (χ0v) is 22.0. The summed E-state index contributed by atoms with van der Waals surface area (Å²) in [6.45, 7) is 17.0. The molecule has 5 rings (SSSR count). The van der Waals surface area contributed by atoms with Gasteiger partial charge in [0.25, 0.3) is 0 Å². The van der Waals surface area contributed by atoms with E-state index in [1.807, 2.05) is 0 Å². The molecule has 3 N–H and O–H groups in total. The van der Waals surface area contributed by atoms with Crippen LogP contribution in [-0.2, 0) is 0 Å². The second-order valence-corrected chi connectivity index (χ2v) is 14.4. The van der Waals surface area contributed by atoms with Crippen LogP contribution in [0.25, 0.3) is 0 Å². The minimum atomic E-state index is -0.383. The zero-order valence-electron chi connectivity index (χ0n) is 22.0. The molecule has 0 saturated heterocycles. The second-order valence-electron chi connectivity index (χ2n) is 14.4. The summed E-state index contributed by atoms with van der Waals surface area (Å²) in [4.78, 5) is 0. The Morgan fingerprint density at radius 2 is 1.52 bits per heavy atom. The van der Waals surface area contributed by atoms with Crippen LogP contribution >= 0.6 is 0 Å². The summed E-state index contributed by atoms with van der Waals surface area (Å²) in [7, 11) is 0. The van der Waals surface area contributed by atoms with Gasteiger partial charge in [0.1, 0.15) is 0 Å². The number of fused-ring (bicyclic) bond motifs is 7. The van der Waals surface area contributed by atoms with Gasteiger partial charge in [-0.25, -0.2) is 0 Å². The smallest absolute Gasteiger partial charge is 0.0618 e. The summed E-state index contributed by atoms with van der Waals surface area (Å²) in [6, 6.07) is 0. The Bertz CT molecular complexity index is 808. The number of aliphatic hydroxyl groups is 3. The third kappa shape index (κ3) is 2.85. The van der Waals surface area contributed by atoms with Crippen molar-refractivity contribution in [2.24, 2.45) is 56.7 Å². The Kier molecular flexibility index (Phi) is 5.57. The maximum absolute atomic E-state index is 10.9. The number of allylic oxidation sites excluding steroid dienone is 1. The summed E-state index contributed by atoms with van der Waals surface area (Å²) < 4.78 is 0. The molecule has 5 aliphatic rings.